The molecule has 0 spiro atoms. The lowest BCUT2D eigenvalue weighted by molar-refractivity contribution is -0.130. The number of benzene rings is 1. The van der Waals surface area contributed by atoms with E-state index in [-0.39, 0.29) is 17.7 Å². The molecule has 0 fully saturated rings. The molecule has 3 heterocycles. The van der Waals surface area contributed by atoms with E-state index in [4.69, 9.17) is 16.0 Å². The highest BCUT2D eigenvalue weighted by Crippen LogP contribution is 2.34. The zero-order valence-corrected chi connectivity index (χ0v) is 17.9. The molecule has 0 aliphatic carbocycles. The third-order valence-corrected chi connectivity index (χ3v) is 5.96. The Hall–Kier alpha value is -2.84. The first kappa shape index (κ1) is 20.4. The highest BCUT2D eigenvalue weighted by Gasteiger charge is 2.35. The maximum atomic E-state index is 13.1. The summed E-state index contributed by atoms with van der Waals surface area (Å²) >= 11 is 7.34. The fourth-order valence-electron chi connectivity index (χ4n) is 3.26. The number of carbonyl (C=O) groups is 1. The minimum Gasteiger partial charge on any atom is -0.467 e. The van der Waals surface area contributed by atoms with Gasteiger partial charge in [-0.25, -0.2) is 5.01 Å². The largest absolute Gasteiger partial charge is 0.467 e. The smallest absolute Gasteiger partial charge is 0.253 e. The number of aryl methyl sites for hydroxylation is 1. The summed E-state index contributed by atoms with van der Waals surface area (Å²) in [5.41, 5.74) is 1.75. The Kier molecular flexibility index (Phi) is 6.06. The molecule has 9 heteroatoms. The van der Waals surface area contributed by atoms with Gasteiger partial charge in [-0.05, 0) is 36.8 Å². The van der Waals surface area contributed by atoms with Gasteiger partial charge in [0, 0.05) is 18.0 Å². The van der Waals surface area contributed by atoms with E-state index in [1.54, 1.807) is 12.3 Å². The fourth-order valence-corrected chi connectivity index (χ4v) is 4.23. The van der Waals surface area contributed by atoms with Crippen LogP contribution in [0.1, 0.15) is 29.6 Å². The second-order valence-electron chi connectivity index (χ2n) is 6.74. The molecule has 1 unspecified atom stereocenters. The van der Waals surface area contributed by atoms with Crippen molar-refractivity contribution in [3.05, 3.63) is 77.5 Å². The molecule has 0 saturated carbocycles. The summed E-state index contributed by atoms with van der Waals surface area (Å²) in [6, 6.07) is 10.8. The number of halogens is 1. The number of hydrogen-bond acceptors (Lipinski definition) is 6. The molecule has 0 saturated heterocycles. The molecule has 30 heavy (non-hydrogen) atoms. The summed E-state index contributed by atoms with van der Waals surface area (Å²) in [5.74, 6) is 1.54. The molecule has 4 rings (SSSR count). The van der Waals surface area contributed by atoms with Crippen molar-refractivity contribution < 1.29 is 9.21 Å². The minimum atomic E-state index is -0.286. The second-order valence-corrected chi connectivity index (χ2v) is 8.12. The number of hydrazone groups is 1. The average molecular weight is 442 g/mol. The Morgan fingerprint density at radius 3 is 2.83 bits per heavy atom. The van der Waals surface area contributed by atoms with Crippen LogP contribution in [0.4, 0.5) is 0 Å². The molecule has 0 radical (unpaired) electrons. The number of hydrogen-bond donors (Lipinski definition) is 0. The zero-order valence-electron chi connectivity index (χ0n) is 16.4. The van der Waals surface area contributed by atoms with Crippen molar-refractivity contribution in [2.45, 2.75) is 31.1 Å². The Balaban J connectivity index is 1.55. The van der Waals surface area contributed by atoms with Crippen molar-refractivity contribution in [3.8, 4) is 0 Å². The van der Waals surface area contributed by atoms with Crippen molar-refractivity contribution in [1.29, 1.82) is 0 Å². The van der Waals surface area contributed by atoms with Crippen LogP contribution in [0.2, 0.25) is 5.02 Å². The Bertz CT molecular complexity index is 1080. The fraction of sp³-hybridized carbons (Fsp3) is 0.238. The van der Waals surface area contributed by atoms with E-state index < -0.39 is 0 Å². The highest BCUT2D eigenvalue weighted by molar-refractivity contribution is 7.99. The van der Waals surface area contributed by atoms with E-state index in [0.717, 1.165) is 17.1 Å². The van der Waals surface area contributed by atoms with Crippen LogP contribution in [-0.4, -0.2) is 37.1 Å². The van der Waals surface area contributed by atoms with Crippen LogP contribution in [0.3, 0.4) is 0 Å². The van der Waals surface area contributed by atoms with E-state index >= 15 is 0 Å². The first-order valence-electron chi connectivity index (χ1n) is 9.39. The van der Waals surface area contributed by atoms with Gasteiger partial charge in [-0.1, -0.05) is 41.6 Å². The summed E-state index contributed by atoms with van der Waals surface area (Å²) < 4.78 is 7.50. The standard InChI is InChI=1S/C21H20ClN5O2S/c1-3-10-26-14(2)23-24-21(26)30-13-20(28)27-18(19-5-4-11-29-19)12-17(25-27)15-6-8-16(22)9-7-15/h3-9,11,18H,1,10,12-13H2,2H3. The summed E-state index contributed by atoms with van der Waals surface area (Å²) in [6.45, 7) is 6.22. The highest BCUT2D eigenvalue weighted by atomic mass is 35.5. The predicted octanol–water partition coefficient (Wildman–Crippen LogP) is 4.49. The van der Waals surface area contributed by atoms with Crippen molar-refractivity contribution in [1.82, 2.24) is 19.8 Å². The van der Waals surface area contributed by atoms with Crippen LogP contribution in [0.5, 0.6) is 0 Å². The Morgan fingerprint density at radius 1 is 1.33 bits per heavy atom. The molecule has 1 aliphatic heterocycles. The maximum Gasteiger partial charge on any atom is 0.253 e. The summed E-state index contributed by atoms with van der Waals surface area (Å²) in [4.78, 5) is 13.1. The molecule has 0 bridgehead atoms. The third kappa shape index (κ3) is 4.20. The molecule has 1 atom stereocenters. The molecule has 0 N–H and O–H groups in total. The van der Waals surface area contributed by atoms with E-state index in [1.165, 1.54) is 16.8 Å². The number of rotatable bonds is 7. The lowest BCUT2D eigenvalue weighted by atomic mass is 10.0. The van der Waals surface area contributed by atoms with E-state index in [9.17, 15) is 4.79 Å². The average Bonchev–Trinajstić information content (AvgIpc) is 3.48. The van der Waals surface area contributed by atoms with Crippen LogP contribution < -0.4 is 0 Å². The van der Waals surface area contributed by atoms with Crippen LogP contribution >= 0.6 is 23.4 Å². The molecule has 154 valence electrons. The number of carbonyl (C=O) groups excluding carboxylic acids is 1. The molecule has 7 nitrogen and oxygen atoms in total. The molecule has 3 aromatic rings. The first-order valence-corrected chi connectivity index (χ1v) is 10.8. The minimum absolute atomic E-state index is 0.129. The van der Waals surface area contributed by atoms with Gasteiger partial charge in [0.1, 0.15) is 17.6 Å². The number of allylic oxidation sites excluding steroid dienone is 1. The topological polar surface area (TPSA) is 76.5 Å². The van der Waals surface area contributed by atoms with Crippen LogP contribution in [0.25, 0.3) is 0 Å². The van der Waals surface area contributed by atoms with Gasteiger partial charge in [0.2, 0.25) is 0 Å². The van der Waals surface area contributed by atoms with Gasteiger partial charge in [-0.15, -0.1) is 16.8 Å². The van der Waals surface area contributed by atoms with Crippen molar-refractivity contribution in [2.24, 2.45) is 5.10 Å². The number of furan rings is 1. The molecule has 1 aromatic carbocycles. The first-order chi connectivity index (χ1) is 14.6. The quantitative estimate of drug-likeness (QED) is 0.399. The number of thioether (sulfide) groups is 1. The van der Waals surface area contributed by atoms with Gasteiger partial charge >= 0.3 is 0 Å². The Morgan fingerprint density at radius 2 is 2.13 bits per heavy atom. The van der Waals surface area contributed by atoms with Crippen LogP contribution in [0.15, 0.2) is 70.0 Å². The van der Waals surface area contributed by atoms with Crippen LogP contribution in [-0.2, 0) is 11.3 Å². The number of amides is 1. The van der Waals surface area contributed by atoms with Gasteiger partial charge < -0.3 is 8.98 Å². The summed E-state index contributed by atoms with van der Waals surface area (Å²) in [6.07, 6.45) is 3.95. The van der Waals surface area contributed by atoms with E-state index in [0.29, 0.717) is 28.9 Å². The normalized spacial score (nSPS) is 16.0. The van der Waals surface area contributed by atoms with Crippen molar-refractivity contribution in [3.63, 3.8) is 0 Å². The summed E-state index contributed by atoms with van der Waals surface area (Å²) in [5, 5.41) is 15.7. The van der Waals surface area contributed by atoms with Crippen LogP contribution in [0, 0.1) is 6.92 Å². The number of nitrogens with zero attached hydrogens (tertiary/aromatic N) is 5. The number of aromatic nitrogens is 3. The Labute approximate surface area is 183 Å². The zero-order chi connectivity index (χ0) is 21.1. The van der Waals surface area contributed by atoms with Crippen molar-refractivity contribution >= 4 is 35.0 Å². The predicted molar refractivity (Wildman–Crippen MR) is 117 cm³/mol. The monoisotopic (exact) mass is 441 g/mol. The molecular formula is C21H20ClN5O2S. The lowest BCUT2D eigenvalue weighted by Crippen LogP contribution is -2.28. The van der Waals surface area contributed by atoms with Gasteiger partial charge in [0.05, 0.1) is 17.7 Å². The maximum absolute atomic E-state index is 13.1. The van der Waals surface area contributed by atoms with E-state index in [1.807, 2.05) is 47.9 Å². The van der Waals surface area contributed by atoms with Gasteiger partial charge in [0.15, 0.2) is 5.16 Å². The van der Waals surface area contributed by atoms with Crippen molar-refractivity contribution in [2.75, 3.05) is 5.75 Å². The van der Waals surface area contributed by atoms with Gasteiger partial charge in [-0.3, -0.25) is 4.79 Å². The lowest BCUT2D eigenvalue weighted by Gasteiger charge is -2.19. The molecule has 2 aromatic heterocycles. The SMILES string of the molecule is C=CCn1c(C)nnc1SCC(=O)N1N=C(c2ccc(Cl)cc2)CC1c1ccco1. The molecular weight excluding hydrogens is 422 g/mol. The second kappa shape index (κ2) is 8.89. The third-order valence-electron chi connectivity index (χ3n) is 4.75. The molecule has 1 aliphatic rings. The van der Waals surface area contributed by atoms with Gasteiger partial charge in [-0.2, -0.15) is 5.10 Å². The van der Waals surface area contributed by atoms with E-state index in [2.05, 4.69) is 21.9 Å². The summed E-state index contributed by atoms with van der Waals surface area (Å²) in [7, 11) is 0. The van der Waals surface area contributed by atoms with Gasteiger partial charge in [0.25, 0.3) is 5.91 Å². The molecule has 1 amide bonds.